The number of hydrogen-bond acceptors (Lipinski definition) is 1. The van der Waals surface area contributed by atoms with E-state index in [-0.39, 0.29) is 6.04 Å². The molecule has 2 aromatic carbocycles. The quantitative estimate of drug-likeness (QED) is 0.844. The molecule has 0 amide bonds. The van der Waals surface area contributed by atoms with Crippen LogP contribution in [0.25, 0.3) is 0 Å². The van der Waals surface area contributed by atoms with Gasteiger partial charge in [0.25, 0.3) is 5.84 Å². The molecule has 102 valence electrons. The second kappa shape index (κ2) is 5.49. The first-order valence-corrected chi connectivity index (χ1v) is 7.36. The van der Waals surface area contributed by atoms with E-state index in [0.717, 1.165) is 18.8 Å². The molecule has 0 fully saturated rings. The second-order valence-corrected chi connectivity index (χ2v) is 5.33. The van der Waals surface area contributed by atoms with Crippen LogP contribution in [-0.2, 0) is 0 Å². The Balaban J connectivity index is 2.09. The Morgan fingerprint density at radius 1 is 1.00 bits per heavy atom. The van der Waals surface area contributed by atoms with Gasteiger partial charge < -0.3 is 0 Å². The first-order chi connectivity index (χ1) is 9.83. The summed E-state index contributed by atoms with van der Waals surface area (Å²) in [5.41, 5.74) is 10.2. The fraction of sp³-hybridized carbons (Fsp3) is 0.278. The van der Waals surface area contributed by atoms with Crippen LogP contribution in [0, 0.1) is 0 Å². The molecule has 20 heavy (non-hydrogen) atoms. The van der Waals surface area contributed by atoms with Crippen LogP contribution in [0.5, 0.6) is 0 Å². The number of fused-ring (bicyclic) bond motifs is 1. The Morgan fingerprint density at radius 3 is 2.45 bits per heavy atom. The van der Waals surface area contributed by atoms with Gasteiger partial charge in [-0.05, 0) is 12.5 Å². The van der Waals surface area contributed by atoms with Crippen LogP contribution in [0.15, 0.2) is 54.6 Å². The van der Waals surface area contributed by atoms with Gasteiger partial charge in [0, 0.05) is 11.1 Å². The van der Waals surface area contributed by atoms with Crippen LogP contribution in [0.3, 0.4) is 0 Å². The Bertz CT molecular complexity index is 629. The maximum absolute atomic E-state index is 6.40. The fourth-order valence-corrected chi connectivity index (χ4v) is 3.00. The zero-order valence-electron chi connectivity index (χ0n) is 11.9. The average molecular weight is 265 g/mol. The summed E-state index contributed by atoms with van der Waals surface area (Å²) in [6.45, 7) is 3.23. The Kier molecular flexibility index (Phi) is 3.55. The van der Waals surface area contributed by atoms with E-state index < -0.39 is 0 Å². The van der Waals surface area contributed by atoms with E-state index >= 15 is 0 Å². The molecule has 0 spiro atoms. The minimum atomic E-state index is 0.263. The maximum atomic E-state index is 6.40. The van der Waals surface area contributed by atoms with Crippen molar-refractivity contribution in [2.24, 2.45) is 5.73 Å². The largest absolute Gasteiger partial charge is 0.287 e. The summed E-state index contributed by atoms with van der Waals surface area (Å²) >= 11 is 0. The highest BCUT2D eigenvalue weighted by molar-refractivity contribution is 5.97. The summed E-state index contributed by atoms with van der Waals surface area (Å²) in [4.78, 5) is 0. The minimum absolute atomic E-state index is 0.263. The van der Waals surface area contributed by atoms with Gasteiger partial charge in [-0.3, -0.25) is 10.3 Å². The highest BCUT2D eigenvalue weighted by Crippen LogP contribution is 2.33. The van der Waals surface area contributed by atoms with Crippen LogP contribution in [-0.4, -0.2) is 17.0 Å². The van der Waals surface area contributed by atoms with E-state index in [0.29, 0.717) is 0 Å². The topological polar surface area (TPSA) is 29.0 Å². The van der Waals surface area contributed by atoms with Gasteiger partial charge >= 0.3 is 0 Å². The summed E-state index contributed by atoms with van der Waals surface area (Å²) in [6.07, 6.45) is 2.35. The van der Waals surface area contributed by atoms with E-state index in [4.69, 9.17) is 5.73 Å². The fourth-order valence-electron chi connectivity index (χ4n) is 3.00. The molecule has 0 bridgehead atoms. The van der Waals surface area contributed by atoms with E-state index in [1.807, 2.05) is 0 Å². The molecule has 1 heterocycles. The molecule has 0 saturated carbocycles. The molecule has 0 aliphatic carbocycles. The van der Waals surface area contributed by atoms with Gasteiger partial charge in [-0.2, -0.15) is 0 Å². The van der Waals surface area contributed by atoms with Crippen LogP contribution in [0.4, 0.5) is 0 Å². The van der Waals surface area contributed by atoms with Crippen molar-refractivity contribution < 1.29 is 4.58 Å². The smallest absolute Gasteiger partial charge is 0.276 e. The lowest BCUT2D eigenvalue weighted by Gasteiger charge is -2.16. The Morgan fingerprint density at radius 2 is 1.70 bits per heavy atom. The lowest BCUT2D eigenvalue weighted by Crippen LogP contribution is -2.27. The molecule has 0 radical (unpaired) electrons. The molecule has 2 aromatic rings. The van der Waals surface area contributed by atoms with Gasteiger partial charge in [0.05, 0.1) is 12.1 Å². The van der Waals surface area contributed by atoms with Crippen LogP contribution in [0.1, 0.15) is 42.5 Å². The third kappa shape index (κ3) is 2.11. The molecule has 2 heteroatoms. The third-order valence-electron chi connectivity index (χ3n) is 4.02. The Labute approximate surface area is 120 Å². The highest BCUT2D eigenvalue weighted by atomic mass is 15.1. The third-order valence-corrected chi connectivity index (χ3v) is 4.02. The zero-order chi connectivity index (χ0) is 13.9. The van der Waals surface area contributed by atoms with Gasteiger partial charge in [-0.25, -0.2) is 0 Å². The van der Waals surface area contributed by atoms with Crippen LogP contribution < -0.4 is 5.73 Å². The van der Waals surface area contributed by atoms with Crippen molar-refractivity contribution in [1.29, 1.82) is 0 Å². The number of benzene rings is 2. The molecule has 1 unspecified atom stereocenters. The molecule has 0 aromatic heterocycles. The summed E-state index contributed by atoms with van der Waals surface area (Å²) in [5.74, 6) is 0.919. The van der Waals surface area contributed by atoms with E-state index in [9.17, 15) is 0 Å². The number of unbranched alkanes of at least 4 members (excludes halogenated alkanes) is 1. The van der Waals surface area contributed by atoms with Crippen molar-refractivity contribution >= 4 is 5.84 Å². The second-order valence-electron chi connectivity index (χ2n) is 5.33. The van der Waals surface area contributed by atoms with Crippen molar-refractivity contribution in [3.8, 4) is 0 Å². The minimum Gasteiger partial charge on any atom is -0.287 e. The first kappa shape index (κ1) is 12.9. The number of nitrogens with two attached hydrogens (primary N) is 1. The van der Waals surface area contributed by atoms with Crippen LogP contribution in [0.2, 0.25) is 0 Å². The van der Waals surface area contributed by atoms with Crippen molar-refractivity contribution in [1.82, 2.24) is 0 Å². The van der Waals surface area contributed by atoms with Gasteiger partial charge in [-0.15, -0.1) is 0 Å². The van der Waals surface area contributed by atoms with Crippen molar-refractivity contribution in [2.45, 2.75) is 25.8 Å². The lowest BCUT2D eigenvalue weighted by molar-refractivity contribution is -0.558. The van der Waals surface area contributed by atoms with Crippen molar-refractivity contribution in [2.75, 3.05) is 6.54 Å². The molecule has 1 aliphatic rings. The SMILES string of the molecule is CCCC[N+]1=C(N)c2ccccc2C1c1ccccc1. The molecular weight excluding hydrogens is 244 g/mol. The average Bonchev–Trinajstić information content (AvgIpc) is 2.79. The predicted molar refractivity (Wildman–Crippen MR) is 83.1 cm³/mol. The van der Waals surface area contributed by atoms with Gasteiger partial charge in [-0.1, -0.05) is 61.9 Å². The van der Waals surface area contributed by atoms with Gasteiger partial charge in [0.15, 0.2) is 0 Å². The summed E-state index contributed by atoms with van der Waals surface area (Å²) in [5, 5.41) is 0. The Hall–Kier alpha value is -2.09. The van der Waals surface area contributed by atoms with E-state index in [2.05, 4.69) is 66.1 Å². The number of hydrogen-bond donors (Lipinski definition) is 1. The number of rotatable bonds is 4. The van der Waals surface area contributed by atoms with Crippen LogP contribution >= 0.6 is 0 Å². The molecule has 1 aliphatic heterocycles. The zero-order valence-corrected chi connectivity index (χ0v) is 11.9. The summed E-state index contributed by atoms with van der Waals surface area (Å²) < 4.78 is 2.35. The number of nitrogens with zero attached hydrogens (tertiary/aromatic N) is 1. The summed E-state index contributed by atoms with van der Waals surface area (Å²) in [7, 11) is 0. The van der Waals surface area contributed by atoms with E-state index in [1.165, 1.54) is 23.1 Å². The predicted octanol–water partition coefficient (Wildman–Crippen LogP) is 3.31. The summed E-state index contributed by atoms with van der Waals surface area (Å²) in [6, 6.07) is 19.4. The molecule has 0 saturated heterocycles. The monoisotopic (exact) mass is 265 g/mol. The molecule has 3 rings (SSSR count). The van der Waals surface area contributed by atoms with Crippen molar-refractivity contribution in [3.05, 3.63) is 71.3 Å². The highest BCUT2D eigenvalue weighted by Gasteiger charge is 2.34. The molecular formula is C18H21N2+. The van der Waals surface area contributed by atoms with Gasteiger partial charge in [0.2, 0.25) is 0 Å². The maximum Gasteiger partial charge on any atom is 0.276 e. The standard InChI is InChI=1S/C18H20N2/c1-2-3-13-20-17(14-9-5-4-6-10-14)15-11-7-8-12-16(15)18(20)19/h4-12,17,19H,2-3,13H2,1H3/p+1. The molecule has 1 atom stereocenters. The molecule has 2 N–H and O–H groups in total. The van der Waals surface area contributed by atoms with Crippen molar-refractivity contribution in [3.63, 3.8) is 0 Å². The number of amidine groups is 1. The first-order valence-electron chi connectivity index (χ1n) is 7.36. The lowest BCUT2D eigenvalue weighted by atomic mass is 9.97. The van der Waals surface area contributed by atoms with E-state index in [1.54, 1.807) is 0 Å². The molecule has 2 nitrogen and oxygen atoms in total. The normalized spacial score (nSPS) is 17.4. The van der Waals surface area contributed by atoms with Gasteiger partial charge in [0.1, 0.15) is 6.04 Å².